The topological polar surface area (TPSA) is 57.2 Å². The van der Waals surface area contributed by atoms with E-state index < -0.39 is 0 Å². The predicted octanol–water partition coefficient (Wildman–Crippen LogP) is 3.30. The van der Waals surface area contributed by atoms with Crippen LogP contribution in [-0.4, -0.2) is 47.7 Å². The van der Waals surface area contributed by atoms with E-state index in [2.05, 4.69) is 30.1 Å². The minimum atomic E-state index is -0.167. The number of hydrogen-bond donors (Lipinski definition) is 1. The lowest BCUT2D eigenvalue weighted by atomic mass is 10.1. The molecule has 1 aromatic carbocycles. The summed E-state index contributed by atoms with van der Waals surface area (Å²) in [6.45, 7) is 6.07. The monoisotopic (exact) mass is 392 g/mol. The highest BCUT2D eigenvalue weighted by molar-refractivity contribution is 5.51. The zero-order valence-electron chi connectivity index (χ0n) is 16.6. The van der Waals surface area contributed by atoms with E-state index >= 15 is 0 Å². The van der Waals surface area contributed by atoms with Gasteiger partial charge in [-0.1, -0.05) is 24.3 Å². The van der Waals surface area contributed by atoms with E-state index in [1.807, 2.05) is 49.5 Å². The van der Waals surface area contributed by atoms with Gasteiger partial charge >= 0.3 is 0 Å². The van der Waals surface area contributed by atoms with Crippen LogP contribution in [0.2, 0.25) is 0 Å². The molecule has 1 fully saturated rings. The van der Waals surface area contributed by atoms with Gasteiger partial charge in [0.15, 0.2) is 0 Å². The summed E-state index contributed by atoms with van der Waals surface area (Å²) in [5.74, 6) is 3.27. The molecule has 0 bridgehead atoms. The number of nitrogens with zero attached hydrogens (tertiary/aromatic N) is 5. The second-order valence-electron chi connectivity index (χ2n) is 7.09. The summed E-state index contributed by atoms with van der Waals surface area (Å²) in [6, 6.07) is 14.8. The van der Waals surface area contributed by atoms with Crippen molar-refractivity contribution in [3.63, 3.8) is 0 Å². The Hall–Kier alpha value is -3.22. The number of aryl methyl sites for hydroxylation is 1. The van der Waals surface area contributed by atoms with Gasteiger partial charge in [-0.15, -0.1) is 0 Å². The van der Waals surface area contributed by atoms with E-state index in [-0.39, 0.29) is 5.82 Å². The number of piperazine rings is 1. The van der Waals surface area contributed by atoms with Gasteiger partial charge in [0, 0.05) is 45.0 Å². The summed E-state index contributed by atoms with van der Waals surface area (Å²) in [5, 5.41) is 3.31. The normalized spacial score (nSPS) is 14.1. The van der Waals surface area contributed by atoms with Crippen LogP contribution in [-0.2, 0) is 6.42 Å². The molecule has 0 amide bonds. The number of pyridine rings is 1. The van der Waals surface area contributed by atoms with E-state index in [1.165, 1.54) is 6.07 Å². The molecule has 0 radical (unpaired) electrons. The smallest absolute Gasteiger partial charge is 0.134 e. The quantitative estimate of drug-likeness (QED) is 0.695. The van der Waals surface area contributed by atoms with Gasteiger partial charge < -0.3 is 15.1 Å². The van der Waals surface area contributed by atoms with E-state index in [4.69, 9.17) is 0 Å². The van der Waals surface area contributed by atoms with Crippen molar-refractivity contribution in [3.05, 3.63) is 71.9 Å². The lowest BCUT2D eigenvalue weighted by Gasteiger charge is -2.36. The number of aromatic nitrogens is 3. The van der Waals surface area contributed by atoms with Gasteiger partial charge in [-0.25, -0.2) is 19.3 Å². The van der Waals surface area contributed by atoms with Crippen molar-refractivity contribution in [2.75, 3.05) is 47.8 Å². The number of halogens is 1. The van der Waals surface area contributed by atoms with E-state index in [0.29, 0.717) is 18.5 Å². The second-order valence-corrected chi connectivity index (χ2v) is 7.09. The van der Waals surface area contributed by atoms with Crippen LogP contribution in [0.4, 0.5) is 21.8 Å². The molecule has 0 aliphatic carbocycles. The summed E-state index contributed by atoms with van der Waals surface area (Å²) in [6.07, 6.45) is 2.43. The molecule has 0 unspecified atom stereocenters. The maximum absolute atomic E-state index is 13.8. The first kappa shape index (κ1) is 19.1. The molecule has 7 heteroatoms. The summed E-state index contributed by atoms with van der Waals surface area (Å²) < 4.78 is 13.8. The van der Waals surface area contributed by atoms with Crippen molar-refractivity contribution in [2.24, 2.45) is 0 Å². The van der Waals surface area contributed by atoms with Crippen molar-refractivity contribution < 1.29 is 4.39 Å². The van der Waals surface area contributed by atoms with Gasteiger partial charge in [0.25, 0.3) is 0 Å². The molecule has 6 nitrogen and oxygen atoms in total. The van der Waals surface area contributed by atoms with Gasteiger partial charge in [-0.2, -0.15) is 0 Å². The summed E-state index contributed by atoms with van der Waals surface area (Å²) in [5.41, 5.74) is 0.705. The lowest BCUT2D eigenvalue weighted by molar-refractivity contribution is 0.610. The Morgan fingerprint density at radius 2 is 1.66 bits per heavy atom. The third kappa shape index (κ3) is 4.80. The zero-order chi connectivity index (χ0) is 20.1. The molecule has 1 N–H and O–H groups in total. The van der Waals surface area contributed by atoms with Crippen molar-refractivity contribution in [1.29, 1.82) is 0 Å². The Balaban J connectivity index is 1.36. The number of nitrogens with one attached hydrogen (secondary N) is 1. The molecule has 2 aromatic heterocycles. The molecule has 3 heterocycles. The van der Waals surface area contributed by atoms with Gasteiger partial charge in [0.1, 0.15) is 29.1 Å². The average molecular weight is 392 g/mol. The van der Waals surface area contributed by atoms with E-state index in [1.54, 1.807) is 6.07 Å². The highest BCUT2D eigenvalue weighted by Gasteiger charge is 2.19. The van der Waals surface area contributed by atoms with Gasteiger partial charge in [0.2, 0.25) is 0 Å². The first-order chi connectivity index (χ1) is 14.2. The lowest BCUT2D eigenvalue weighted by Crippen LogP contribution is -2.47. The highest BCUT2D eigenvalue weighted by Crippen LogP contribution is 2.20. The maximum atomic E-state index is 13.8. The molecular formula is C22H25FN6. The van der Waals surface area contributed by atoms with E-state index in [9.17, 15) is 4.39 Å². The Bertz CT molecular complexity index is 941. The Morgan fingerprint density at radius 3 is 2.38 bits per heavy atom. The van der Waals surface area contributed by atoms with Crippen molar-refractivity contribution in [3.8, 4) is 0 Å². The van der Waals surface area contributed by atoms with Crippen LogP contribution >= 0.6 is 0 Å². The standard InChI is InChI=1S/C22H25FN6/c1-17-26-20(24-11-9-18-6-2-3-7-19(18)23)16-22(27-17)29-14-12-28(13-15-29)21-8-4-5-10-25-21/h2-8,10,16H,9,11-15H2,1H3,(H,24,26,27). The third-order valence-electron chi connectivity index (χ3n) is 5.06. The largest absolute Gasteiger partial charge is 0.370 e. The molecule has 1 aliphatic rings. The molecule has 0 atom stereocenters. The van der Waals surface area contributed by atoms with Crippen LogP contribution in [0.25, 0.3) is 0 Å². The summed E-state index contributed by atoms with van der Waals surface area (Å²) in [7, 11) is 0. The first-order valence-corrected chi connectivity index (χ1v) is 9.93. The van der Waals surface area contributed by atoms with Crippen LogP contribution in [0, 0.1) is 12.7 Å². The fourth-order valence-corrected chi connectivity index (χ4v) is 3.54. The van der Waals surface area contributed by atoms with Gasteiger partial charge in [-0.05, 0) is 37.1 Å². The number of rotatable bonds is 6. The average Bonchev–Trinajstić information content (AvgIpc) is 2.75. The SMILES string of the molecule is Cc1nc(NCCc2ccccc2F)cc(N2CCN(c3ccccn3)CC2)n1. The van der Waals surface area contributed by atoms with Crippen molar-refractivity contribution >= 4 is 17.5 Å². The highest BCUT2D eigenvalue weighted by atomic mass is 19.1. The summed E-state index contributed by atoms with van der Waals surface area (Å²) in [4.78, 5) is 18.1. The number of hydrogen-bond acceptors (Lipinski definition) is 6. The minimum Gasteiger partial charge on any atom is -0.370 e. The van der Waals surface area contributed by atoms with Crippen LogP contribution in [0.1, 0.15) is 11.4 Å². The first-order valence-electron chi connectivity index (χ1n) is 9.93. The molecule has 29 heavy (non-hydrogen) atoms. The summed E-state index contributed by atoms with van der Waals surface area (Å²) >= 11 is 0. The Morgan fingerprint density at radius 1 is 0.931 bits per heavy atom. The number of anilines is 3. The van der Waals surface area contributed by atoms with E-state index in [0.717, 1.165) is 49.5 Å². The van der Waals surface area contributed by atoms with Crippen molar-refractivity contribution in [1.82, 2.24) is 15.0 Å². The minimum absolute atomic E-state index is 0.167. The molecule has 1 saturated heterocycles. The van der Waals surface area contributed by atoms with Crippen LogP contribution in [0.5, 0.6) is 0 Å². The predicted molar refractivity (Wildman–Crippen MR) is 114 cm³/mol. The van der Waals surface area contributed by atoms with Gasteiger partial charge in [-0.3, -0.25) is 0 Å². The Kier molecular flexibility index (Phi) is 5.84. The molecule has 150 valence electrons. The molecule has 3 aromatic rings. The van der Waals surface area contributed by atoms with Gasteiger partial charge in [0.05, 0.1) is 0 Å². The van der Waals surface area contributed by atoms with Crippen LogP contribution in [0.3, 0.4) is 0 Å². The van der Waals surface area contributed by atoms with Crippen LogP contribution in [0.15, 0.2) is 54.7 Å². The molecule has 4 rings (SSSR count). The fourth-order valence-electron chi connectivity index (χ4n) is 3.54. The Labute approximate surface area is 170 Å². The molecular weight excluding hydrogens is 367 g/mol. The van der Waals surface area contributed by atoms with Crippen molar-refractivity contribution in [2.45, 2.75) is 13.3 Å². The maximum Gasteiger partial charge on any atom is 0.134 e. The number of benzene rings is 1. The fraction of sp³-hybridized carbons (Fsp3) is 0.318. The van der Waals surface area contributed by atoms with Crippen LogP contribution < -0.4 is 15.1 Å². The molecule has 1 aliphatic heterocycles. The second kappa shape index (κ2) is 8.86. The molecule has 0 saturated carbocycles. The zero-order valence-corrected chi connectivity index (χ0v) is 16.6. The molecule has 0 spiro atoms. The third-order valence-corrected chi connectivity index (χ3v) is 5.06.